The van der Waals surface area contributed by atoms with Crippen molar-refractivity contribution in [3.05, 3.63) is 84.3 Å². The average Bonchev–Trinajstić information content (AvgIpc) is 2.72. The third-order valence-electron chi connectivity index (χ3n) is 5.74. The Morgan fingerprint density at radius 3 is 2.57 bits per heavy atom. The number of hydrogen-bond acceptors (Lipinski definition) is 5. The van der Waals surface area contributed by atoms with Crippen molar-refractivity contribution in [3.63, 3.8) is 0 Å². The van der Waals surface area contributed by atoms with Crippen LogP contribution in [0.4, 0.5) is 5.82 Å². The zero-order valence-electron chi connectivity index (χ0n) is 17.2. The summed E-state index contributed by atoms with van der Waals surface area (Å²) < 4.78 is 0. The fourth-order valence-electron chi connectivity index (χ4n) is 3.99. The summed E-state index contributed by atoms with van der Waals surface area (Å²) in [4.78, 5) is 16.4. The molecule has 0 amide bonds. The van der Waals surface area contributed by atoms with Gasteiger partial charge in [-0.3, -0.25) is 9.97 Å². The van der Waals surface area contributed by atoms with Crippen molar-refractivity contribution >= 4 is 16.7 Å². The summed E-state index contributed by atoms with van der Waals surface area (Å²) >= 11 is 0. The van der Waals surface area contributed by atoms with E-state index in [-0.39, 0.29) is 0 Å². The van der Waals surface area contributed by atoms with Gasteiger partial charge < -0.3 is 10.0 Å². The zero-order chi connectivity index (χ0) is 20.7. The Balaban J connectivity index is 1.41. The van der Waals surface area contributed by atoms with Gasteiger partial charge in [0.25, 0.3) is 0 Å². The van der Waals surface area contributed by atoms with Crippen LogP contribution in [0.25, 0.3) is 22.2 Å². The van der Waals surface area contributed by atoms with Crippen LogP contribution in [0.5, 0.6) is 0 Å². The Hall–Kier alpha value is -3.31. The predicted molar refractivity (Wildman–Crippen MR) is 119 cm³/mol. The summed E-state index contributed by atoms with van der Waals surface area (Å²) in [6, 6.07) is 20.3. The first kappa shape index (κ1) is 18.7. The smallest absolute Gasteiger partial charge is 0.129 e. The van der Waals surface area contributed by atoms with Crippen LogP contribution >= 0.6 is 0 Å². The van der Waals surface area contributed by atoms with Crippen molar-refractivity contribution in [2.75, 3.05) is 18.0 Å². The van der Waals surface area contributed by atoms with Crippen molar-refractivity contribution in [1.29, 1.82) is 0 Å². The van der Waals surface area contributed by atoms with E-state index in [4.69, 9.17) is 4.98 Å². The highest BCUT2D eigenvalue weighted by atomic mass is 16.3. The highest BCUT2D eigenvalue weighted by Crippen LogP contribution is 2.35. The molecule has 2 aromatic carbocycles. The lowest BCUT2D eigenvalue weighted by atomic mass is 9.90. The molecule has 1 N–H and O–H groups in total. The number of para-hydroxylation sites is 1. The Kier molecular flexibility index (Phi) is 4.48. The van der Waals surface area contributed by atoms with Gasteiger partial charge in [0, 0.05) is 42.4 Å². The van der Waals surface area contributed by atoms with E-state index in [1.807, 2.05) is 42.5 Å². The second kappa shape index (κ2) is 7.18. The van der Waals surface area contributed by atoms with E-state index < -0.39 is 5.60 Å². The van der Waals surface area contributed by atoms with Gasteiger partial charge in [0.15, 0.2) is 0 Å². The molecule has 2 aromatic heterocycles. The Bertz CT molecular complexity index is 1210. The first-order valence-electron chi connectivity index (χ1n) is 10.2. The largest absolute Gasteiger partial charge is 0.386 e. The first-order chi connectivity index (χ1) is 14.5. The molecule has 5 rings (SSSR count). The number of aromatic nitrogens is 3. The molecule has 1 saturated heterocycles. The maximum Gasteiger partial charge on any atom is 0.129 e. The molecule has 4 aromatic rings. The fraction of sp³-hybridized carbons (Fsp3) is 0.240. The number of rotatable bonds is 4. The quantitative estimate of drug-likeness (QED) is 0.549. The molecule has 1 fully saturated rings. The summed E-state index contributed by atoms with van der Waals surface area (Å²) in [5.41, 5.74) is 3.87. The number of nitrogens with zero attached hydrogens (tertiary/aromatic N) is 4. The first-order valence-corrected chi connectivity index (χ1v) is 10.2. The monoisotopic (exact) mass is 396 g/mol. The maximum absolute atomic E-state index is 10.4. The van der Waals surface area contributed by atoms with Crippen LogP contribution in [0.1, 0.15) is 31.0 Å². The van der Waals surface area contributed by atoms with Gasteiger partial charge in [-0.2, -0.15) is 0 Å². The Morgan fingerprint density at radius 1 is 0.933 bits per heavy atom. The number of benzene rings is 2. The number of hydrogen-bond donors (Lipinski definition) is 1. The number of fused-ring (bicyclic) bond motifs is 1. The van der Waals surface area contributed by atoms with Gasteiger partial charge >= 0.3 is 0 Å². The van der Waals surface area contributed by atoms with Crippen molar-refractivity contribution in [2.45, 2.75) is 25.4 Å². The highest BCUT2D eigenvalue weighted by Gasteiger charge is 2.32. The second-order valence-corrected chi connectivity index (χ2v) is 8.39. The Labute approximate surface area is 176 Å². The van der Waals surface area contributed by atoms with Crippen LogP contribution in [-0.2, 0) is 5.60 Å². The minimum atomic E-state index is -0.895. The van der Waals surface area contributed by atoms with E-state index in [0.29, 0.717) is 5.92 Å². The van der Waals surface area contributed by atoms with Gasteiger partial charge in [-0.1, -0.05) is 36.4 Å². The molecule has 0 saturated carbocycles. The van der Waals surface area contributed by atoms with E-state index in [1.165, 1.54) is 0 Å². The predicted octanol–water partition coefficient (Wildman–Crippen LogP) is 4.52. The molecule has 0 radical (unpaired) electrons. The van der Waals surface area contributed by atoms with E-state index in [9.17, 15) is 5.11 Å². The standard InChI is InChI=1S/C25H24N4O/c1-25(2,30)20-8-5-7-18(14-20)23-24(27-13-12-26-23)19-15-29(16-19)22-11-10-17-6-3-4-9-21(17)28-22/h3-14,19,30H,15-16H2,1-2H3. The van der Waals surface area contributed by atoms with E-state index in [1.54, 1.807) is 26.2 Å². The molecular weight excluding hydrogens is 372 g/mol. The van der Waals surface area contributed by atoms with Crippen molar-refractivity contribution < 1.29 is 5.11 Å². The van der Waals surface area contributed by atoms with Gasteiger partial charge in [-0.15, -0.1) is 0 Å². The van der Waals surface area contributed by atoms with E-state index >= 15 is 0 Å². The fourth-order valence-corrected chi connectivity index (χ4v) is 3.99. The highest BCUT2D eigenvalue weighted by molar-refractivity contribution is 5.80. The van der Waals surface area contributed by atoms with E-state index in [0.717, 1.165) is 52.3 Å². The summed E-state index contributed by atoms with van der Waals surface area (Å²) in [5, 5.41) is 11.5. The molecule has 0 aliphatic carbocycles. The average molecular weight is 396 g/mol. The lowest BCUT2D eigenvalue weighted by molar-refractivity contribution is 0.0786. The number of aliphatic hydroxyl groups is 1. The number of anilines is 1. The molecule has 1 aliphatic heterocycles. The SMILES string of the molecule is CC(C)(O)c1cccc(-c2nccnc2C2CN(c3ccc4ccccc4n3)C2)c1. The summed E-state index contributed by atoms with van der Waals surface area (Å²) in [6.45, 7) is 5.32. The van der Waals surface area contributed by atoms with Crippen molar-refractivity contribution in [3.8, 4) is 11.3 Å². The topological polar surface area (TPSA) is 62.1 Å². The molecule has 3 heterocycles. The molecule has 1 aliphatic rings. The molecule has 0 spiro atoms. The molecule has 0 atom stereocenters. The summed E-state index contributed by atoms with van der Waals surface area (Å²) in [7, 11) is 0. The maximum atomic E-state index is 10.4. The Morgan fingerprint density at radius 2 is 1.73 bits per heavy atom. The van der Waals surface area contributed by atoms with Crippen LogP contribution in [0.3, 0.4) is 0 Å². The van der Waals surface area contributed by atoms with Crippen molar-refractivity contribution in [1.82, 2.24) is 15.0 Å². The molecule has 150 valence electrons. The van der Waals surface area contributed by atoms with Crippen LogP contribution in [0.2, 0.25) is 0 Å². The minimum Gasteiger partial charge on any atom is -0.386 e. The molecule has 0 unspecified atom stereocenters. The normalized spacial score (nSPS) is 14.7. The number of pyridine rings is 1. The summed E-state index contributed by atoms with van der Waals surface area (Å²) in [5.74, 6) is 1.30. The van der Waals surface area contributed by atoms with E-state index in [2.05, 4.69) is 33.1 Å². The van der Waals surface area contributed by atoms with Gasteiger partial charge in [0.05, 0.1) is 22.5 Å². The molecule has 5 nitrogen and oxygen atoms in total. The third kappa shape index (κ3) is 3.42. The van der Waals surface area contributed by atoms with Crippen LogP contribution < -0.4 is 4.90 Å². The zero-order valence-corrected chi connectivity index (χ0v) is 17.2. The van der Waals surface area contributed by atoms with Crippen LogP contribution in [0.15, 0.2) is 73.1 Å². The third-order valence-corrected chi connectivity index (χ3v) is 5.74. The molecule has 0 bridgehead atoms. The van der Waals surface area contributed by atoms with Crippen LogP contribution in [0, 0.1) is 0 Å². The van der Waals surface area contributed by atoms with Gasteiger partial charge in [-0.25, -0.2) is 4.98 Å². The summed E-state index contributed by atoms with van der Waals surface area (Å²) in [6.07, 6.45) is 3.49. The second-order valence-electron chi connectivity index (χ2n) is 8.39. The lowest BCUT2D eigenvalue weighted by Gasteiger charge is -2.40. The minimum absolute atomic E-state index is 0.299. The molecule has 5 heteroatoms. The van der Waals surface area contributed by atoms with Crippen LogP contribution in [-0.4, -0.2) is 33.1 Å². The molecular formula is C25H24N4O. The van der Waals surface area contributed by atoms with Gasteiger partial charge in [0.2, 0.25) is 0 Å². The van der Waals surface area contributed by atoms with Gasteiger partial charge in [-0.05, 0) is 43.7 Å². The van der Waals surface area contributed by atoms with Crippen molar-refractivity contribution in [2.24, 2.45) is 0 Å². The van der Waals surface area contributed by atoms with Gasteiger partial charge in [0.1, 0.15) is 5.82 Å². The molecule has 30 heavy (non-hydrogen) atoms. The lowest BCUT2D eigenvalue weighted by Crippen LogP contribution is -2.46.